The average molecular weight is 256 g/mol. The van der Waals surface area contributed by atoms with Crippen LogP contribution in [-0.4, -0.2) is 23.2 Å². The highest BCUT2D eigenvalue weighted by atomic mass is 16.4. The third-order valence-electron chi connectivity index (χ3n) is 3.26. The molecule has 1 aliphatic rings. The lowest BCUT2D eigenvalue weighted by molar-refractivity contribution is -0.139. The number of hydrogen-bond donors (Lipinski definition) is 2. The lowest BCUT2D eigenvalue weighted by Gasteiger charge is -2.15. The minimum Gasteiger partial charge on any atom is -0.481 e. The Morgan fingerprint density at radius 1 is 1.50 bits per heavy atom. The van der Waals surface area contributed by atoms with Gasteiger partial charge in [0.2, 0.25) is 0 Å². The van der Waals surface area contributed by atoms with E-state index in [4.69, 9.17) is 16.4 Å². The van der Waals surface area contributed by atoms with E-state index in [-0.39, 0.29) is 5.92 Å². The van der Waals surface area contributed by atoms with Crippen LogP contribution >= 0.6 is 0 Å². The molecule has 6 heteroatoms. The molecule has 0 aromatic heterocycles. The van der Waals surface area contributed by atoms with Gasteiger partial charge in [0.25, 0.3) is 0 Å². The zero-order valence-electron chi connectivity index (χ0n) is 11.2. The Morgan fingerprint density at radius 2 is 2.06 bits per heavy atom. The fourth-order valence-corrected chi connectivity index (χ4v) is 1.82. The number of aliphatic carboxylic acids is 1. The van der Waals surface area contributed by atoms with Crippen molar-refractivity contribution < 1.29 is 9.90 Å². The second kappa shape index (κ2) is 9.74. The van der Waals surface area contributed by atoms with E-state index in [1.807, 2.05) is 6.92 Å². The molecule has 1 aliphatic carbocycles. The van der Waals surface area contributed by atoms with Crippen LogP contribution in [0.3, 0.4) is 0 Å². The highest BCUT2D eigenvalue weighted by Gasteiger charge is 2.21. The van der Waals surface area contributed by atoms with E-state index in [9.17, 15) is 4.79 Å². The Morgan fingerprint density at radius 3 is 2.33 bits per heavy atom. The van der Waals surface area contributed by atoms with Gasteiger partial charge in [0.05, 0.1) is 0 Å². The van der Waals surface area contributed by atoms with Crippen LogP contribution in [0.25, 0.3) is 10.4 Å². The lowest BCUT2D eigenvalue weighted by Crippen LogP contribution is -2.24. The third kappa shape index (κ3) is 7.14. The van der Waals surface area contributed by atoms with Gasteiger partial charge in [-0.1, -0.05) is 44.6 Å². The Kier molecular flexibility index (Phi) is 9.06. The molecule has 3 N–H and O–H groups in total. The van der Waals surface area contributed by atoms with Gasteiger partial charge < -0.3 is 10.8 Å². The summed E-state index contributed by atoms with van der Waals surface area (Å²) in [6.45, 7) is 3.60. The summed E-state index contributed by atoms with van der Waals surface area (Å²) in [5, 5.41) is 11.7. The smallest absolute Gasteiger partial charge is 0.312 e. The second-order valence-electron chi connectivity index (χ2n) is 4.77. The summed E-state index contributed by atoms with van der Waals surface area (Å²) in [5.74, 6) is -1.17. The van der Waals surface area contributed by atoms with Crippen molar-refractivity contribution in [1.82, 2.24) is 0 Å². The number of carbonyl (C=O) groups is 1. The van der Waals surface area contributed by atoms with Crippen LogP contribution in [0.4, 0.5) is 0 Å². The van der Waals surface area contributed by atoms with E-state index in [0.29, 0.717) is 12.5 Å². The lowest BCUT2D eigenvalue weighted by atomic mass is 9.97. The number of azide groups is 1. The van der Waals surface area contributed by atoms with E-state index in [0.717, 1.165) is 0 Å². The maximum absolute atomic E-state index is 10.4. The van der Waals surface area contributed by atoms with Crippen molar-refractivity contribution in [2.75, 3.05) is 0 Å². The molecule has 0 aromatic carbocycles. The summed E-state index contributed by atoms with van der Waals surface area (Å²) in [6.07, 6.45) is 7.35. The highest BCUT2D eigenvalue weighted by Crippen LogP contribution is 2.14. The molecule has 0 radical (unpaired) electrons. The molecule has 18 heavy (non-hydrogen) atoms. The Balaban J connectivity index is 0.000000351. The molecule has 1 saturated carbocycles. The minimum atomic E-state index is -1.06. The van der Waals surface area contributed by atoms with Gasteiger partial charge in [-0.3, -0.25) is 4.79 Å². The first-order valence-electron chi connectivity index (χ1n) is 6.55. The van der Waals surface area contributed by atoms with Crippen molar-refractivity contribution in [3.63, 3.8) is 0 Å². The first-order chi connectivity index (χ1) is 8.52. The molecular formula is C12H24N4O2. The van der Waals surface area contributed by atoms with E-state index < -0.39 is 12.0 Å². The van der Waals surface area contributed by atoms with Gasteiger partial charge in [-0.25, -0.2) is 0 Å². The van der Waals surface area contributed by atoms with Crippen LogP contribution in [0, 0.1) is 5.92 Å². The summed E-state index contributed by atoms with van der Waals surface area (Å²) in [7, 11) is 0. The maximum Gasteiger partial charge on any atom is 0.312 e. The summed E-state index contributed by atoms with van der Waals surface area (Å²) in [6, 6.07) is -0.390. The molecule has 104 valence electrons. The van der Waals surface area contributed by atoms with E-state index in [1.54, 1.807) is 6.92 Å². The minimum absolute atomic E-state index is 0.108. The van der Waals surface area contributed by atoms with Crippen molar-refractivity contribution in [2.45, 2.75) is 64.5 Å². The normalized spacial score (nSPS) is 18.8. The number of carboxylic acids is 1. The number of carboxylic acid groups (broad SMARTS) is 1. The molecule has 6 nitrogen and oxygen atoms in total. The van der Waals surface area contributed by atoms with Crippen LogP contribution in [0.15, 0.2) is 5.11 Å². The molecule has 0 bridgehead atoms. The van der Waals surface area contributed by atoms with Gasteiger partial charge in [0, 0.05) is 11.0 Å². The number of rotatable bonds is 4. The van der Waals surface area contributed by atoms with Crippen molar-refractivity contribution >= 4 is 5.97 Å². The number of hydrogen-bond acceptors (Lipinski definition) is 3. The molecule has 0 saturated heterocycles. The summed E-state index contributed by atoms with van der Waals surface area (Å²) in [5.41, 5.74) is 13.7. The predicted molar refractivity (Wildman–Crippen MR) is 71.1 cm³/mol. The van der Waals surface area contributed by atoms with E-state index in [1.165, 1.54) is 32.1 Å². The van der Waals surface area contributed by atoms with Gasteiger partial charge in [-0.15, -0.1) is 0 Å². The van der Waals surface area contributed by atoms with Crippen LogP contribution in [-0.2, 0) is 4.79 Å². The molecule has 0 spiro atoms. The molecule has 0 aliphatic heterocycles. The Labute approximate surface area is 108 Å². The third-order valence-corrected chi connectivity index (χ3v) is 3.26. The van der Waals surface area contributed by atoms with Gasteiger partial charge in [-0.05, 0) is 24.3 Å². The molecule has 1 rings (SSSR count). The predicted octanol–water partition coefficient (Wildman–Crippen LogP) is 3.07. The zero-order valence-corrected chi connectivity index (χ0v) is 11.2. The molecule has 0 aromatic rings. The van der Waals surface area contributed by atoms with Gasteiger partial charge >= 0.3 is 5.97 Å². The molecule has 1 unspecified atom stereocenters. The SMILES string of the molecule is CCC(C)[C@H](N=[N+]=[N-])C(=O)O.NC1CCCCC1. The van der Waals surface area contributed by atoms with Gasteiger partial charge in [0.1, 0.15) is 6.04 Å². The van der Waals surface area contributed by atoms with Gasteiger partial charge in [0.15, 0.2) is 0 Å². The molecule has 2 atom stereocenters. The van der Waals surface area contributed by atoms with Crippen molar-refractivity contribution in [2.24, 2.45) is 16.8 Å². The Bertz CT molecular complexity index is 282. The fraction of sp³-hybridized carbons (Fsp3) is 0.917. The first kappa shape index (κ1) is 16.7. The standard InChI is InChI=1S/C6H11N3O2.C6H13N/c1-3-4(2)5(6(10)11)8-9-7;7-6-4-2-1-3-5-6/h4-5H,3H2,1-2H3,(H,10,11);6H,1-5,7H2/t4?,5-;/m0./s1. The fourth-order valence-electron chi connectivity index (χ4n) is 1.82. The van der Waals surface area contributed by atoms with Crippen LogP contribution in [0.2, 0.25) is 0 Å². The van der Waals surface area contributed by atoms with Crippen LogP contribution in [0.5, 0.6) is 0 Å². The number of nitrogens with zero attached hydrogens (tertiary/aromatic N) is 3. The average Bonchev–Trinajstić information content (AvgIpc) is 2.36. The molecule has 1 fully saturated rings. The molecular weight excluding hydrogens is 232 g/mol. The molecule has 0 heterocycles. The number of nitrogens with two attached hydrogens (primary N) is 1. The summed E-state index contributed by atoms with van der Waals surface area (Å²) in [4.78, 5) is 12.9. The summed E-state index contributed by atoms with van der Waals surface area (Å²) < 4.78 is 0. The van der Waals surface area contributed by atoms with Crippen LogP contribution < -0.4 is 5.73 Å². The molecule has 0 amide bonds. The van der Waals surface area contributed by atoms with Crippen LogP contribution in [0.1, 0.15) is 52.4 Å². The van der Waals surface area contributed by atoms with Crippen molar-refractivity contribution in [3.05, 3.63) is 10.4 Å². The van der Waals surface area contributed by atoms with E-state index >= 15 is 0 Å². The quantitative estimate of drug-likeness (QED) is 0.457. The van der Waals surface area contributed by atoms with Crippen molar-refractivity contribution in [3.8, 4) is 0 Å². The van der Waals surface area contributed by atoms with E-state index in [2.05, 4.69) is 10.0 Å². The zero-order chi connectivity index (χ0) is 14.0. The largest absolute Gasteiger partial charge is 0.481 e. The monoisotopic (exact) mass is 256 g/mol. The highest BCUT2D eigenvalue weighted by molar-refractivity contribution is 5.73. The Hall–Kier alpha value is -1.26. The summed E-state index contributed by atoms with van der Waals surface area (Å²) >= 11 is 0. The first-order valence-corrected chi connectivity index (χ1v) is 6.55. The van der Waals surface area contributed by atoms with Gasteiger partial charge in [-0.2, -0.15) is 0 Å². The van der Waals surface area contributed by atoms with Crippen molar-refractivity contribution in [1.29, 1.82) is 0 Å². The maximum atomic E-state index is 10.4. The topological polar surface area (TPSA) is 112 Å². The second-order valence-corrected chi connectivity index (χ2v) is 4.77.